The zero-order valence-electron chi connectivity index (χ0n) is 15.6. The summed E-state index contributed by atoms with van der Waals surface area (Å²) in [6.45, 7) is 1.16. The summed E-state index contributed by atoms with van der Waals surface area (Å²) in [6, 6.07) is 25.5. The lowest BCUT2D eigenvalue weighted by atomic mass is 10.2. The fourth-order valence-electron chi connectivity index (χ4n) is 2.46. The number of halogens is 3. The van der Waals surface area contributed by atoms with Crippen molar-refractivity contribution in [3.05, 3.63) is 106 Å². The van der Waals surface area contributed by atoms with E-state index in [0.29, 0.717) is 34.7 Å². The molecule has 7 heteroatoms. The Balaban J connectivity index is 0.00000300. The molecular weight excluding hydrogens is 427 g/mol. The van der Waals surface area contributed by atoms with Crippen LogP contribution < -0.4 is 10.7 Å². The third kappa shape index (κ3) is 7.42. The van der Waals surface area contributed by atoms with Crippen molar-refractivity contribution in [1.82, 2.24) is 10.7 Å². The monoisotopic (exact) mass is 446 g/mol. The average Bonchev–Trinajstić information content (AvgIpc) is 2.73. The van der Waals surface area contributed by atoms with Crippen LogP contribution in [0.3, 0.4) is 0 Å². The van der Waals surface area contributed by atoms with Gasteiger partial charge in [-0.3, -0.25) is 0 Å². The lowest BCUT2D eigenvalue weighted by molar-refractivity contribution is 0.828. The predicted octanol–water partition coefficient (Wildman–Crippen LogP) is 5.68. The maximum Gasteiger partial charge on any atom is 0.212 e. The van der Waals surface area contributed by atoms with Gasteiger partial charge in [-0.1, -0.05) is 89.9 Å². The summed E-state index contributed by atoms with van der Waals surface area (Å²) in [6.07, 6.45) is 1.59. The first-order valence-corrected chi connectivity index (χ1v) is 9.57. The minimum absolute atomic E-state index is 0. The molecule has 3 aromatic rings. The van der Waals surface area contributed by atoms with Crippen molar-refractivity contribution in [2.24, 2.45) is 10.1 Å². The molecule has 4 nitrogen and oxygen atoms in total. The van der Waals surface area contributed by atoms with Gasteiger partial charge < -0.3 is 5.32 Å². The zero-order valence-corrected chi connectivity index (χ0v) is 17.9. The van der Waals surface area contributed by atoms with E-state index < -0.39 is 0 Å². The van der Waals surface area contributed by atoms with Crippen molar-refractivity contribution in [3.8, 4) is 0 Å². The second-order valence-corrected chi connectivity index (χ2v) is 6.81. The fraction of sp³-hybridized carbons (Fsp3) is 0.0909. The van der Waals surface area contributed by atoms with Gasteiger partial charge in [0.25, 0.3) is 0 Å². The van der Waals surface area contributed by atoms with E-state index in [1.54, 1.807) is 24.4 Å². The number of hydrogen-bond donors (Lipinski definition) is 2. The van der Waals surface area contributed by atoms with Crippen LogP contribution in [0.2, 0.25) is 10.0 Å². The molecule has 3 aromatic carbocycles. The highest BCUT2D eigenvalue weighted by Gasteiger charge is 2.03. The first kappa shape index (κ1) is 22.8. The molecule has 0 heterocycles. The maximum absolute atomic E-state index is 6.18. The van der Waals surface area contributed by atoms with Crippen molar-refractivity contribution >= 4 is 47.8 Å². The van der Waals surface area contributed by atoms with Crippen LogP contribution in [-0.4, -0.2) is 12.2 Å². The fourth-order valence-corrected chi connectivity index (χ4v) is 2.95. The Bertz CT molecular complexity index is 925. The Morgan fingerprint density at radius 2 is 1.38 bits per heavy atom. The average molecular weight is 448 g/mol. The lowest BCUT2D eigenvalue weighted by Gasteiger charge is -2.10. The molecule has 2 N–H and O–H groups in total. The zero-order chi connectivity index (χ0) is 19.6. The molecule has 0 aliphatic rings. The molecule has 0 saturated carbocycles. The summed E-state index contributed by atoms with van der Waals surface area (Å²) < 4.78 is 0. The molecule has 0 saturated heterocycles. The summed E-state index contributed by atoms with van der Waals surface area (Å²) in [5, 5.41) is 8.61. The van der Waals surface area contributed by atoms with Crippen molar-refractivity contribution in [2.45, 2.75) is 13.1 Å². The molecule has 3 rings (SSSR count). The predicted molar refractivity (Wildman–Crippen MR) is 125 cm³/mol. The highest BCUT2D eigenvalue weighted by Crippen LogP contribution is 2.21. The molecule has 0 atom stereocenters. The van der Waals surface area contributed by atoms with Crippen LogP contribution in [0, 0.1) is 0 Å². The van der Waals surface area contributed by atoms with Gasteiger partial charge in [-0.05, 0) is 23.3 Å². The Labute approximate surface area is 187 Å². The number of nitrogens with one attached hydrogen (secondary N) is 2. The van der Waals surface area contributed by atoms with Gasteiger partial charge in [-0.15, -0.1) is 12.4 Å². The molecular formula is C22H21Cl3N4. The molecule has 0 aliphatic heterocycles. The molecule has 0 bridgehead atoms. The van der Waals surface area contributed by atoms with Gasteiger partial charge in [-0.2, -0.15) is 5.10 Å². The molecule has 150 valence electrons. The van der Waals surface area contributed by atoms with Gasteiger partial charge in [0.2, 0.25) is 5.96 Å². The molecule has 0 spiro atoms. The summed E-state index contributed by atoms with van der Waals surface area (Å²) in [5.41, 5.74) is 5.87. The number of hydrazone groups is 1. The number of rotatable bonds is 6. The van der Waals surface area contributed by atoms with Crippen LogP contribution in [0.1, 0.15) is 16.7 Å². The van der Waals surface area contributed by atoms with E-state index >= 15 is 0 Å². The van der Waals surface area contributed by atoms with Crippen LogP contribution in [0.25, 0.3) is 0 Å². The van der Waals surface area contributed by atoms with Crippen LogP contribution in [0.4, 0.5) is 0 Å². The lowest BCUT2D eigenvalue weighted by Crippen LogP contribution is -2.34. The molecule has 0 unspecified atom stereocenters. The van der Waals surface area contributed by atoms with Crippen LogP contribution in [-0.2, 0) is 13.1 Å². The summed E-state index contributed by atoms with van der Waals surface area (Å²) in [7, 11) is 0. The molecule has 0 amide bonds. The van der Waals surface area contributed by atoms with Crippen molar-refractivity contribution in [1.29, 1.82) is 0 Å². The van der Waals surface area contributed by atoms with Gasteiger partial charge in [0.05, 0.1) is 22.8 Å². The minimum atomic E-state index is 0. The summed E-state index contributed by atoms with van der Waals surface area (Å²) >= 11 is 12.4. The van der Waals surface area contributed by atoms with E-state index in [4.69, 9.17) is 23.2 Å². The molecule has 0 radical (unpaired) electrons. The third-order valence-corrected chi connectivity index (χ3v) is 4.59. The maximum atomic E-state index is 6.18. The largest absolute Gasteiger partial charge is 0.351 e. The van der Waals surface area contributed by atoms with E-state index in [2.05, 4.69) is 33.0 Å². The highest BCUT2D eigenvalue weighted by atomic mass is 35.5. The van der Waals surface area contributed by atoms with Gasteiger partial charge in [0.15, 0.2) is 0 Å². The number of hydrogen-bond acceptors (Lipinski definition) is 2. The Kier molecular flexibility index (Phi) is 9.51. The molecule has 0 aromatic heterocycles. The summed E-state index contributed by atoms with van der Waals surface area (Å²) in [5.74, 6) is 0.562. The SMILES string of the molecule is Cl.Clc1cccc(Cl)c1C=NNC(=NCc1ccccc1)NCc1ccccc1. The van der Waals surface area contributed by atoms with E-state index in [-0.39, 0.29) is 12.4 Å². The van der Waals surface area contributed by atoms with Crippen molar-refractivity contribution in [3.63, 3.8) is 0 Å². The number of nitrogens with zero attached hydrogens (tertiary/aromatic N) is 2. The standard InChI is InChI=1S/C22H20Cl2N4.ClH/c23-20-12-7-13-21(24)19(20)16-27-28-22(25-14-17-8-3-1-4-9-17)26-15-18-10-5-2-6-11-18;/h1-13,16H,14-15H2,(H2,25,26,28);1H. The second-order valence-electron chi connectivity index (χ2n) is 5.99. The van der Waals surface area contributed by atoms with E-state index in [0.717, 1.165) is 11.1 Å². The Morgan fingerprint density at radius 1 is 0.793 bits per heavy atom. The normalized spacial score (nSPS) is 11.2. The minimum Gasteiger partial charge on any atom is -0.351 e. The van der Waals surface area contributed by atoms with Gasteiger partial charge in [0.1, 0.15) is 0 Å². The van der Waals surface area contributed by atoms with Crippen molar-refractivity contribution in [2.75, 3.05) is 0 Å². The second kappa shape index (κ2) is 12.1. The van der Waals surface area contributed by atoms with Crippen LogP contribution in [0.5, 0.6) is 0 Å². The Morgan fingerprint density at radius 3 is 2.00 bits per heavy atom. The quantitative estimate of drug-likeness (QED) is 0.290. The van der Waals surface area contributed by atoms with Gasteiger partial charge in [-0.25, -0.2) is 10.4 Å². The van der Waals surface area contributed by atoms with Crippen molar-refractivity contribution < 1.29 is 0 Å². The van der Waals surface area contributed by atoms with E-state index in [1.165, 1.54) is 0 Å². The van der Waals surface area contributed by atoms with Crippen LogP contribution >= 0.6 is 35.6 Å². The summed E-state index contributed by atoms with van der Waals surface area (Å²) in [4.78, 5) is 4.60. The van der Waals surface area contributed by atoms with E-state index in [1.807, 2.05) is 48.5 Å². The number of guanidine groups is 1. The smallest absolute Gasteiger partial charge is 0.212 e. The topological polar surface area (TPSA) is 48.8 Å². The Hall–Kier alpha value is -2.53. The van der Waals surface area contributed by atoms with E-state index in [9.17, 15) is 0 Å². The van der Waals surface area contributed by atoms with Gasteiger partial charge >= 0.3 is 0 Å². The first-order valence-electron chi connectivity index (χ1n) is 8.81. The molecule has 0 aliphatic carbocycles. The molecule has 0 fully saturated rings. The first-order chi connectivity index (χ1) is 13.7. The van der Waals surface area contributed by atoms with Crippen LogP contribution in [0.15, 0.2) is 89.0 Å². The number of benzene rings is 3. The molecule has 29 heavy (non-hydrogen) atoms. The number of aliphatic imine (C=N–C) groups is 1. The highest BCUT2D eigenvalue weighted by molar-refractivity contribution is 6.38. The third-order valence-electron chi connectivity index (χ3n) is 3.93. The van der Waals surface area contributed by atoms with Gasteiger partial charge in [0, 0.05) is 12.1 Å².